The lowest BCUT2D eigenvalue weighted by Gasteiger charge is -2.22. The van der Waals surface area contributed by atoms with Crippen molar-refractivity contribution in [2.75, 3.05) is 6.54 Å². The standard InChI is InChI=1S/C17H24N4O2/c1-10(2)15(16-19-12-5-3-4-6-13(12)20-16)21-17(22)14-8-7-11(9-18)23-14/h3-6,10-11,14-15H,7-9,18H2,1-2H3,(H,19,20)(H,21,22)/t11-,14+,15?/m1/s1. The Bertz CT molecular complexity index is 649. The first-order chi connectivity index (χ1) is 11.1. The van der Waals surface area contributed by atoms with Gasteiger partial charge in [-0.05, 0) is 30.9 Å². The third-order valence-corrected chi connectivity index (χ3v) is 4.33. The normalized spacial score (nSPS) is 22.6. The van der Waals surface area contributed by atoms with Gasteiger partial charge in [-0.2, -0.15) is 0 Å². The van der Waals surface area contributed by atoms with E-state index in [0.29, 0.717) is 6.54 Å². The Balaban J connectivity index is 1.75. The summed E-state index contributed by atoms with van der Waals surface area (Å²) in [4.78, 5) is 20.4. The topological polar surface area (TPSA) is 93.0 Å². The summed E-state index contributed by atoms with van der Waals surface area (Å²) in [5.74, 6) is 0.911. The van der Waals surface area contributed by atoms with Crippen LogP contribution in [-0.2, 0) is 9.53 Å². The molecule has 1 saturated heterocycles. The van der Waals surface area contributed by atoms with Gasteiger partial charge < -0.3 is 20.8 Å². The number of amides is 1. The molecule has 0 bridgehead atoms. The first-order valence-electron chi connectivity index (χ1n) is 8.19. The monoisotopic (exact) mass is 316 g/mol. The van der Waals surface area contributed by atoms with Crippen LogP contribution in [0, 0.1) is 5.92 Å². The number of hydrogen-bond donors (Lipinski definition) is 3. The van der Waals surface area contributed by atoms with Gasteiger partial charge in [0, 0.05) is 6.54 Å². The Kier molecular flexibility index (Phi) is 4.63. The van der Waals surface area contributed by atoms with Gasteiger partial charge in [-0.15, -0.1) is 0 Å². The zero-order valence-electron chi connectivity index (χ0n) is 13.6. The molecule has 2 heterocycles. The van der Waals surface area contributed by atoms with E-state index < -0.39 is 6.10 Å². The number of nitrogens with two attached hydrogens (primary N) is 1. The maximum Gasteiger partial charge on any atom is 0.249 e. The van der Waals surface area contributed by atoms with E-state index in [1.165, 1.54) is 0 Å². The fourth-order valence-corrected chi connectivity index (χ4v) is 2.99. The van der Waals surface area contributed by atoms with Crippen LogP contribution >= 0.6 is 0 Å². The van der Waals surface area contributed by atoms with Crippen LogP contribution < -0.4 is 11.1 Å². The van der Waals surface area contributed by atoms with E-state index in [1.807, 2.05) is 24.3 Å². The minimum Gasteiger partial charge on any atom is -0.364 e. The molecule has 1 amide bonds. The Morgan fingerprint density at radius 3 is 2.87 bits per heavy atom. The maximum absolute atomic E-state index is 12.5. The fraction of sp³-hybridized carbons (Fsp3) is 0.529. The summed E-state index contributed by atoms with van der Waals surface area (Å²) in [6.45, 7) is 4.59. The molecule has 1 unspecified atom stereocenters. The molecule has 0 radical (unpaired) electrons. The van der Waals surface area contributed by atoms with Gasteiger partial charge in [-0.25, -0.2) is 4.98 Å². The molecular weight excluding hydrogens is 292 g/mol. The summed E-state index contributed by atoms with van der Waals surface area (Å²) in [6, 6.07) is 7.69. The lowest BCUT2D eigenvalue weighted by molar-refractivity contribution is -0.133. The summed E-state index contributed by atoms with van der Waals surface area (Å²) >= 11 is 0. The molecule has 3 atom stereocenters. The van der Waals surface area contributed by atoms with Crippen LogP contribution in [0.2, 0.25) is 0 Å². The van der Waals surface area contributed by atoms with Crippen molar-refractivity contribution in [2.24, 2.45) is 11.7 Å². The molecule has 0 saturated carbocycles. The molecule has 1 aliphatic rings. The number of H-pyrrole nitrogens is 1. The van der Waals surface area contributed by atoms with Crippen molar-refractivity contribution in [2.45, 2.75) is 44.9 Å². The third-order valence-electron chi connectivity index (χ3n) is 4.33. The summed E-state index contributed by atoms with van der Waals surface area (Å²) in [5.41, 5.74) is 7.49. The van der Waals surface area contributed by atoms with Crippen LogP contribution in [0.3, 0.4) is 0 Å². The van der Waals surface area contributed by atoms with E-state index >= 15 is 0 Å². The van der Waals surface area contributed by atoms with E-state index in [1.54, 1.807) is 0 Å². The number of aromatic nitrogens is 2. The molecular formula is C17H24N4O2. The lowest BCUT2D eigenvalue weighted by atomic mass is 10.0. The van der Waals surface area contributed by atoms with Gasteiger partial charge >= 0.3 is 0 Å². The van der Waals surface area contributed by atoms with Crippen LogP contribution in [0.5, 0.6) is 0 Å². The highest BCUT2D eigenvalue weighted by atomic mass is 16.5. The maximum atomic E-state index is 12.5. The molecule has 6 nitrogen and oxygen atoms in total. The van der Waals surface area contributed by atoms with Crippen molar-refractivity contribution in [3.05, 3.63) is 30.1 Å². The summed E-state index contributed by atoms with van der Waals surface area (Å²) in [7, 11) is 0. The molecule has 0 spiro atoms. The molecule has 1 aromatic heterocycles. The van der Waals surface area contributed by atoms with Gasteiger partial charge in [0.25, 0.3) is 0 Å². The van der Waals surface area contributed by atoms with Gasteiger partial charge in [-0.3, -0.25) is 4.79 Å². The second kappa shape index (κ2) is 6.68. The number of carbonyl (C=O) groups excluding carboxylic acids is 1. The van der Waals surface area contributed by atoms with E-state index in [-0.39, 0.29) is 24.0 Å². The number of para-hydroxylation sites is 2. The number of rotatable bonds is 5. The van der Waals surface area contributed by atoms with Crippen molar-refractivity contribution in [1.82, 2.24) is 15.3 Å². The van der Waals surface area contributed by atoms with Crippen LogP contribution in [0.15, 0.2) is 24.3 Å². The smallest absolute Gasteiger partial charge is 0.249 e. The number of benzene rings is 1. The van der Waals surface area contributed by atoms with Crippen LogP contribution in [0.1, 0.15) is 38.6 Å². The Morgan fingerprint density at radius 1 is 1.43 bits per heavy atom. The number of fused-ring (bicyclic) bond motifs is 1. The van der Waals surface area contributed by atoms with Gasteiger partial charge in [0.1, 0.15) is 11.9 Å². The lowest BCUT2D eigenvalue weighted by Crippen LogP contribution is -2.40. The minimum atomic E-state index is -0.408. The first kappa shape index (κ1) is 16.0. The molecule has 6 heteroatoms. The molecule has 124 valence electrons. The molecule has 2 aromatic rings. The highest BCUT2D eigenvalue weighted by Crippen LogP contribution is 2.24. The largest absolute Gasteiger partial charge is 0.364 e. The second-order valence-electron chi connectivity index (χ2n) is 6.43. The summed E-state index contributed by atoms with van der Waals surface area (Å²) in [6.07, 6.45) is 1.15. The van der Waals surface area contributed by atoms with Crippen LogP contribution in [0.4, 0.5) is 0 Å². The average Bonchev–Trinajstić information content (AvgIpc) is 3.18. The van der Waals surface area contributed by atoms with Crippen molar-refractivity contribution >= 4 is 16.9 Å². The number of nitrogens with zero attached hydrogens (tertiary/aromatic N) is 1. The molecule has 23 heavy (non-hydrogen) atoms. The molecule has 4 N–H and O–H groups in total. The van der Waals surface area contributed by atoms with Gasteiger partial charge in [0.2, 0.25) is 5.91 Å². The van der Waals surface area contributed by atoms with Crippen molar-refractivity contribution < 1.29 is 9.53 Å². The van der Waals surface area contributed by atoms with Crippen molar-refractivity contribution in [3.63, 3.8) is 0 Å². The average molecular weight is 316 g/mol. The Hall–Kier alpha value is -1.92. The minimum absolute atomic E-state index is 0.00514. The Morgan fingerprint density at radius 2 is 2.22 bits per heavy atom. The SMILES string of the molecule is CC(C)C(NC(=O)[C@@H]1CC[C@H](CN)O1)c1nc2ccccc2[nH]1. The molecule has 1 aromatic carbocycles. The van der Waals surface area contributed by atoms with E-state index in [9.17, 15) is 4.79 Å². The Labute approximate surface area is 135 Å². The zero-order valence-corrected chi connectivity index (χ0v) is 13.6. The second-order valence-corrected chi connectivity index (χ2v) is 6.43. The van der Waals surface area contributed by atoms with Crippen LogP contribution in [0.25, 0.3) is 11.0 Å². The first-order valence-corrected chi connectivity index (χ1v) is 8.19. The fourth-order valence-electron chi connectivity index (χ4n) is 2.99. The summed E-state index contributed by atoms with van der Waals surface area (Å²) < 4.78 is 5.68. The number of carbonyl (C=O) groups is 1. The van der Waals surface area contributed by atoms with E-state index in [4.69, 9.17) is 10.5 Å². The predicted molar refractivity (Wildman–Crippen MR) is 88.8 cm³/mol. The zero-order chi connectivity index (χ0) is 16.4. The van der Waals surface area contributed by atoms with E-state index in [0.717, 1.165) is 29.7 Å². The molecule has 0 aliphatic carbocycles. The number of imidazole rings is 1. The van der Waals surface area contributed by atoms with Crippen molar-refractivity contribution in [1.29, 1.82) is 0 Å². The van der Waals surface area contributed by atoms with Crippen molar-refractivity contribution in [3.8, 4) is 0 Å². The van der Waals surface area contributed by atoms with E-state index in [2.05, 4.69) is 29.1 Å². The van der Waals surface area contributed by atoms with Crippen LogP contribution in [-0.4, -0.2) is 34.6 Å². The molecule has 1 aliphatic heterocycles. The summed E-state index contributed by atoms with van der Waals surface area (Å²) in [5, 5.41) is 3.08. The third kappa shape index (κ3) is 3.38. The number of aromatic amines is 1. The van der Waals surface area contributed by atoms with Gasteiger partial charge in [-0.1, -0.05) is 26.0 Å². The molecule has 1 fully saturated rings. The number of hydrogen-bond acceptors (Lipinski definition) is 4. The predicted octanol–water partition coefficient (Wildman–Crippen LogP) is 1.88. The highest BCUT2D eigenvalue weighted by Gasteiger charge is 2.32. The van der Waals surface area contributed by atoms with Gasteiger partial charge in [0.05, 0.1) is 23.2 Å². The number of ether oxygens (including phenoxy) is 1. The number of nitrogens with one attached hydrogen (secondary N) is 2. The molecule has 3 rings (SSSR count). The highest BCUT2D eigenvalue weighted by molar-refractivity contribution is 5.81. The quantitative estimate of drug-likeness (QED) is 0.785. The van der Waals surface area contributed by atoms with Gasteiger partial charge in [0.15, 0.2) is 0 Å².